The first-order valence-electron chi connectivity index (χ1n) is 12.7. The third kappa shape index (κ3) is 5.74. The summed E-state index contributed by atoms with van der Waals surface area (Å²) < 4.78 is 50.7. The number of benzene rings is 1. The first kappa shape index (κ1) is 25.9. The van der Waals surface area contributed by atoms with Crippen molar-refractivity contribution in [2.75, 3.05) is 16.8 Å². The van der Waals surface area contributed by atoms with Gasteiger partial charge in [0.1, 0.15) is 0 Å². The van der Waals surface area contributed by atoms with Crippen molar-refractivity contribution in [3.05, 3.63) is 70.2 Å². The van der Waals surface area contributed by atoms with Gasteiger partial charge in [0.05, 0.1) is 18.1 Å². The van der Waals surface area contributed by atoms with Crippen molar-refractivity contribution in [3.8, 4) is 0 Å². The van der Waals surface area contributed by atoms with Crippen LogP contribution in [-0.4, -0.2) is 34.2 Å². The van der Waals surface area contributed by atoms with Gasteiger partial charge in [-0.3, -0.25) is 4.79 Å². The van der Waals surface area contributed by atoms with Crippen molar-refractivity contribution in [2.24, 2.45) is 5.41 Å². The van der Waals surface area contributed by atoms with Gasteiger partial charge in [0.2, 0.25) is 20.0 Å². The molecule has 37 heavy (non-hydrogen) atoms. The summed E-state index contributed by atoms with van der Waals surface area (Å²) in [6, 6.07) is 5.31. The summed E-state index contributed by atoms with van der Waals surface area (Å²) in [5.74, 6) is -1.60. The van der Waals surface area contributed by atoms with Crippen LogP contribution in [0, 0.1) is 12.0 Å². The second kappa shape index (κ2) is 9.86. The van der Waals surface area contributed by atoms with Gasteiger partial charge in [-0.2, -0.15) is 0 Å². The fourth-order valence-corrected chi connectivity index (χ4v) is 10.0. The Labute approximate surface area is 218 Å². The van der Waals surface area contributed by atoms with Gasteiger partial charge in [-0.1, -0.05) is 37.5 Å². The number of sulfonamides is 2. The monoisotopic (exact) mass is 541 g/mol. The number of nitrogens with zero attached hydrogens (tertiary/aromatic N) is 1. The lowest BCUT2D eigenvalue weighted by Gasteiger charge is -2.40. The van der Waals surface area contributed by atoms with E-state index in [1.807, 2.05) is 6.07 Å². The first-order valence-corrected chi connectivity index (χ1v) is 16.0. The Kier molecular flexibility index (Phi) is 6.90. The van der Waals surface area contributed by atoms with E-state index in [0.29, 0.717) is 34.4 Å². The smallest absolute Gasteiger partial charge is 0.250 e. The van der Waals surface area contributed by atoms with E-state index in [4.69, 9.17) is 6.57 Å². The molecule has 1 spiro atoms. The van der Waals surface area contributed by atoms with E-state index in [1.165, 1.54) is 32.1 Å². The van der Waals surface area contributed by atoms with Crippen LogP contribution in [-0.2, 0) is 24.8 Å². The Morgan fingerprint density at radius 1 is 1.03 bits per heavy atom. The molecule has 0 unspecified atom stereocenters. The van der Waals surface area contributed by atoms with Crippen molar-refractivity contribution >= 4 is 37.2 Å². The summed E-state index contributed by atoms with van der Waals surface area (Å²) >= 11 is 0. The highest BCUT2D eigenvalue weighted by atomic mass is 32.3. The molecular weight excluding hydrogens is 510 g/mol. The van der Waals surface area contributed by atoms with Crippen LogP contribution < -0.4 is 9.44 Å². The molecule has 4 aliphatic rings. The fraction of sp³-hybridized carbons (Fsp3) is 0.481. The average Bonchev–Trinajstić information content (AvgIpc) is 3.33. The Morgan fingerprint density at radius 3 is 2.38 bits per heavy atom. The predicted molar refractivity (Wildman–Crippen MR) is 143 cm³/mol. The topological polar surface area (TPSA) is 114 Å². The SMILES string of the molecule is [C-]#[N+]C1=CCC(C(=O)Nc2ccc(C3CS(=O)(=O)NS(=O)(=O)C3)cc2C2=CCC3(CCCCC3)CC2)=C1. The number of allylic oxidation sites excluding steroid dienone is 4. The Hall–Kier alpha value is -2.74. The molecule has 10 heteroatoms. The van der Waals surface area contributed by atoms with Crippen LogP contribution in [0.5, 0.6) is 0 Å². The van der Waals surface area contributed by atoms with Crippen LogP contribution in [0.15, 0.2) is 47.7 Å². The quantitative estimate of drug-likeness (QED) is 0.540. The van der Waals surface area contributed by atoms with Gasteiger partial charge in [-0.05, 0) is 73.3 Å². The predicted octanol–water partition coefficient (Wildman–Crippen LogP) is 4.62. The zero-order valence-electron chi connectivity index (χ0n) is 20.6. The van der Waals surface area contributed by atoms with Crippen LogP contribution in [0.4, 0.5) is 5.69 Å². The molecule has 0 aromatic heterocycles. The number of carbonyl (C=O) groups excluding carboxylic acids is 1. The van der Waals surface area contributed by atoms with E-state index >= 15 is 0 Å². The third-order valence-corrected chi connectivity index (χ3v) is 11.8. The van der Waals surface area contributed by atoms with Crippen LogP contribution >= 0.6 is 0 Å². The van der Waals surface area contributed by atoms with E-state index in [2.05, 4.69) is 16.2 Å². The molecule has 1 aliphatic heterocycles. The van der Waals surface area contributed by atoms with Crippen molar-refractivity contribution in [1.82, 2.24) is 4.13 Å². The van der Waals surface area contributed by atoms with Crippen molar-refractivity contribution in [3.63, 3.8) is 0 Å². The summed E-state index contributed by atoms with van der Waals surface area (Å²) in [7, 11) is -7.90. The zero-order chi connectivity index (χ0) is 26.3. The lowest BCUT2D eigenvalue weighted by atomic mass is 9.65. The molecule has 1 amide bonds. The number of rotatable bonds is 4. The Morgan fingerprint density at radius 2 is 1.76 bits per heavy atom. The highest BCUT2D eigenvalue weighted by Crippen LogP contribution is 2.49. The standard InChI is InChI=1S/C27H31N3O5S2/c1-28-23-7-5-21(15-23)26(31)29-25-8-6-20(22-17-36(32,33)30-37(34,35)18-22)16-24(25)19-9-13-27(14-10-19)11-3-2-4-12-27/h6-9,15-16,22,30H,2-5,10-14,17-18H2,(H,29,31). The number of hydrogen-bond donors (Lipinski definition) is 2. The van der Waals surface area contributed by atoms with Crippen molar-refractivity contribution < 1.29 is 21.6 Å². The van der Waals surface area contributed by atoms with E-state index in [-0.39, 0.29) is 17.4 Å². The molecule has 5 rings (SSSR count). The third-order valence-electron chi connectivity index (χ3n) is 8.10. The molecule has 1 aromatic rings. The molecule has 1 saturated heterocycles. The van der Waals surface area contributed by atoms with Gasteiger partial charge in [-0.25, -0.2) is 21.7 Å². The Balaban J connectivity index is 1.48. The maximum absolute atomic E-state index is 13.0. The minimum Gasteiger partial charge on any atom is -0.322 e. The largest absolute Gasteiger partial charge is 0.322 e. The summed E-state index contributed by atoms with van der Waals surface area (Å²) in [4.78, 5) is 16.4. The molecule has 0 atom stereocenters. The molecule has 2 N–H and O–H groups in total. The van der Waals surface area contributed by atoms with Crippen LogP contribution in [0.25, 0.3) is 10.4 Å². The number of hydrogen-bond acceptors (Lipinski definition) is 5. The molecule has 0 radical (unpaired) electrons. The lowest BCUT2D eigenvalue weighted by Crippen LogP contribution is -2.43. The second-order valence-corrected chi connectivity index (χ2v) is 14.5. The van der Waals surface area contributed by atoms with Gasteiger partial charge in [-0.15, -0.1) is 4.13 Å². The average molecular weight is 542 g/mol. The second-order valence-electron chi connectivity index (χ2n) is 10.7. The molecule has 1 saturated carbocycles. The summed E-state index contributed by atoms with van der Waals surface area (Å²) in [6.07, 6.45) is 15.1. The van der Waals surface area contributed by atoms with Crippen LogP contribution in [0.2, 0.25) is 0 Å². The minimum absolute atomic E-state index is 0.281. The van der Waals surface area contributed by atoms with Gasteiger partial charge in [0, 0.05) is 22.7 Å². The summed E-state index contributed by atoms with van der Waals surface area (Å²) in [5.41, 5.74) is 4.43. The van der Waals surface area contributed by atoms with Crippen LogP contribution in [0.3, 0.4) is 0 Å². The normalized spacial score (nSPS) is 24.5. The van der Waals surface area contributed by atoms with E-state index < -0.39 is 26.0 Å². The van der Waals surface area contributed by atoms with Gasteiger partial charge >= 0.3 is 0 Å². The number of nitrogens with one attached hydrogen (secondary N) is 2. The van der Waals surface area contributed by atoms with E-state index in [9.17, 15) is 21.6 Å². The molecule has 0 bridgehead atoms. The van der Waals surface area contributed by atoms with Gasteiger partial charge in [0.15, 0.2) is 5.70 Å². The van der Waals surface area contributed by atoms with Gasteiger partial charge in [0.25, 0.3) is 5.91 Å². The summed E-state index contributed by atoms with van der Waals surface area (Å²) in [6.45, 7) is 7.16. The number of anilines is 1. The molecular formula is C27H31N3O5S2. The first-order chi connectivity index (χ1) is 17.6. The number of amides is 1. The summed E-state index contributed by atoms with van der Waals surface area (Å²) in [5, 5.41) is 2.99. The fourth-order valence-electron chi connectivity index (χ4n) is 6.12. The maximum Gasteiger partial charge on any atom is 0.250 e. The van der Waals surface area contributed by atoms with Crippen molar-refractivity contribution in [2.45, 2.75) is 63.7 Å². The zero-order valence-corrected chi connectivity index (χ0v) is 22.3. The maximum atomic E-state index is 13.0. The molecule has 1 heterocycles. The molecule has 1 aromatic carbocycles. The van der Waals surface area contributed by atoms with Crippen LogP contribution in [0.1, 0.15) is 74.8 Å². The van der Waals surface area contributed by atoms with E-state index in [1.54, 1.807) is 28.4 Å². The number of carbonyl (C=O) groups is 1. The van der Waals surface area contributed by atoms with E-state index in [0.717, 1.165) is 30.4 Å². The molecule has 196 valence electrons. The molecule has 3 aliphatic carbocycles. The highest BCUT2D eigenvalue weighted by Gasteiger charge is 2.36. The lowest BCUT2D eigenvalue weighted by molar-refractivity contribution is -0.112. The van der Waals surface area contributed by atoms with Gasteiger partial charge < -0.3 is 5.32 Å². The minimum atomic E-state index is -3.95. The Bertz CT molecular complexity index is 1440. The van der Waals surface area contributed by atoms with Crippen molar-refractivity contribution in [1.29, 1.82) is 0 Å². The molecule has 2 fully saturated rings. The molecule has 8 nitrogen and oxygen atoms in total. The highest BCUT2D eigenvalue weighted by molar-refractivity contribution is 8.05.